The number of hydrogen-bond donors (Lipinski definition) is 1. The molecule has 1 aromatic heterocycles. The van der Waals surface area contributed by atoms with Crippen LogP contribution in [0, 0.1) is 0 Å². The molecule has 8 heteroatoms. The number of anilines is 1. The first-order valence-corrected chi connectivity index (χ1v) is 8.97. The standard InChI is InChI=1S/C16H15BrN4O2S/c1-21-14(22)7-6-13(20-21)15(23)19-16-18-9-11(24-16)8-10-4-2-3-5-12(10)17/h2-5,9H,6-8H2,1H3,(H,18,19,23). The minimum Gasteiger partial charge on any atom is -0.297 e. The summed E-state index contributed by atoms with van der Waals surface area (Å²) in [6, 6.07) is 8.01. The Morgan fingerprint density at radius 3 is 2.92 bits per heavy atom. The summed E-state index contributed by atoms with van der Waals surface area (Å²) in [5.41, 5.74) is 1.51. The number of benzene rings is 1. The van der Waals surface area contributed by atoms with E-state index in [1.807, 2.05) is 24.3 Å². The van der Waals surface area contributed by atoms with Gasteiger partial charge in [0.2, 0.25) is 5.91 Å². The quantitative estimate of drug-likeness (QED) is 0.847. The highest BCUT2D eigenvalue weighted by Crippen LogP contribution is 2.25. The molecule has 0 aliphatic carbocycles. The molecular weight excluding hydrogens is 392 g/mol. The predicted molar refractivity (Wildman–Crippen MR) is 97.1 cm³/mol. The van der Waals surface area contributed by atoms with Crippen LogP contribution < -0.4 is 5.32 Å². The first-order valence-electron chi connectivity index (χ1n) is 7.36. The number of hydrogen-bond acceptors (Lipinski definition) is 5. The first kappa shape index (κ1) is 16.8. The van der Waals surface area contributed by atoms with Gasteiger partial charge < -0.3 is 0 Å². The molecule has 0 unspecified atom stereocenters. The highest BCUT2D eigenvalue weighted by molar-refractivity contribution is 9.10. The summed E-state index contributed by atoms with van der Waals surface area (Å²) in [6.07, 6.45) is 3.16. The minimum absolute atomic E-state index is 0.0866. The van der Waals surface area contributed by atoms with E-state index >= 15 is 0 Å². The Hall–Kier alpha value is -2.06. The van der Waals surface area contributed by atoms with Crippen molar-refractivity contribution < 1.29 is 9.59 Å². The number of carbonyl (C=O) groups excluding carboxylic acids is 2. The maximum absolute atomic E-state index is 12.2. The van der Waals surface area contributed by atoms with Crippen LogP contribution in [0.4, 0.5) is 5.13 Å². The van der Waals surface area contributed by atoms with E-state index in [0.717, 1.165) is 21.3 Å². The van der Waals surface area contributed by atoms with Gasteiger partial charge in [-0.15, -0.1) is 11.3 Å². The summed E-state index contributed by atoms with van der Waals surface area (Å²) in [4.78, 5) is 28.9. The molecule has 3 rings (SSSR count). The third-order valence-electron chi connectivity index (χ3n) is 3.57. The van der Waals surface area contributed by atoms with E-state index in [0.29, 0.717) is 23.7 Å². The van der Waals surface area contributed by atoms with Crippen LogP contribution in [-0.4, -0.2) is 34.6 Å². The van der Waals surface area contributed by atoms with Gasteiger partial charge >= 0.3 is 0 Å². The summed E-state index contributed by atoms with van der Waals surface area (Å²) in [7, 11) is 1.55. The number of aromatic nitrogens is 1. The summed E-state index contributed by atoms with van der Waals surface area (Å²) >= 11 is 4.96. The van der Waals surface area contributed by atoms with Gasteiger partial charge in [0.1, 0.15) is 5.71 Å². The number of hydrazone groups is 1. The van der Waals surface area contributed by atoms with Crippen LogP contribution in [-0.2, 0) is 16.0 Å². The van der Waals surface area contributed by atoms with Crippen LogP contribution >= 0.6 is 27.3 Å². The molecule has 1 N–H and O–H groups in total. The number of nitrogens with zero attached hydrogens (tertiary/aromatic N) is 3. The van der Waals surface area contributed by atoms with E-state index in [1.165, 1.54) is 16.3 Å². The van der Waals surface area contributed by atoms with Crippen molar-refractivity contribution in [2.75, 3.05) is 12.4 Å². The maximum atomic E-state index is 12.2. The lowest BCUT2D eigenvalue weighted by molar-refractivity contribution is -0.130. The zero-order valence-electron chi connectivity index (χ0n) is 13.0. The Kier molecular flexibility index (Phi) is 5.06. The third-order valence-corrected chi connectivity index (χ3v) is 5.25. The van der Waals surface area contributed by atoms with Crippen molar-refractivity contribution in [2.24, 2.45) is 5.10 Å². The summed E-state index contributed by atoms with van der Waals surface area (Å²) in [5.74, 6) is -0.396. The second-order valence-electron chi connectivity index (χ2n) is 5.32. The summed E-state index contributed by atoms with van der Waals surface area (Å²) in [6.45, 7) is 0. The Morgan fingerprint density at radius 2 is 2.17 bits per heavy atom. The van der Waals surface area contributed by atoms with Gasteiger partial charge in [0, 0.05) is 41.9 Å². The van der Waals surface area contributed by atoms with Gasteiger partial charge in [-0.3, -0.25) is 14.9 Å². The van der Waals surface area contributed by atoms with Crippen LogP contribution in [0.5, 0.6) is 0 Å². The SMILES string of the molecule is CN1N=C(C(=O)Nc2ncc(Cc3ccccc3Br)s2)CCC1=O. The Balaban J connectivity index is 1.66. The van der Waals surface area contributed by atoms with E-state index in [1.54, 1.807) is 13.2 Å². The van der Waals surface area contributed by atoms with Crippen molar-refractivity contribution >= 4 is 49.9 Å². The van der Waals surface area contributed by atoms with Gasteiger partial charge in [0.05, 0.1) is 0 Å². The molecule has 1 aliphatic rings. The van der Waals surface area contributed by atoms with E-state index < -0.39 is 0 Å². The lowest BCUT2D eigenvalue weighted by Crippen LogP contribution is -2.34. The van der Waals surface area contributed by atoms with Crippen LogP contribution in [0.2, 0.25) is 0 Å². The van der Waals surface area contributed by atoms with E-state index in [4.69, 9.17) is 0 Å². The molecule has 0 saturated heterocycles. The van der Waals surface area contributed by atoms with Gasteiger partial charge in [0.15, 0.2) is 5.13 Å². The van der Waals surface area contributed by atoms with E-state index in [2.05, 4.69) is 31.3 Å². The highest BCUT2D eigenvalue weighted by atomic mass is 79.9. The maximum Gasteiger partial charge on any atom is 0.273 e. The van der Waals surface area contributed by atoms with Gasteiger partial charge in [-0.05, 0) is 11.6 Å². The molecule has 2 aromatic rings. The van der Waals surface area contributed by atoms with Gasteiger partial charge in [-0.25, -0.2) is 9.99 Å². The third kappa shape index (κ3) is 3.88. The largest absolute Gasteiger partial charge is 0.297 e. The van der Waals surface area contributed by atoms with Crippen molar-refractivity contribution in [3.8, 4) is 0 Å². The zero-order chi connectivity index (χ0) is 17.1. The molecule has 0 radical (unpaired) electrons. The Morgan fingerprint density at radius 1 is 1.38 bits per heavy atom. The average Bonchev–Trinajstić information content (AvgIpc) is 2.99. The zero-order valence-corrected chi connectivity index (χ0v) is 15.4. The molecule has 24 heavy (non-hydrogen) atoms. The van der Waals surface area contributed by atoms with Crippen LogP contribution in [0.15, 0.2) is 40.0 Å². The predicted octanol–water partition coefficient (Wildman–Crippen LogP) is 3.04. The Labute approximate surface area is 151 Å². The number of nitrogens with one attached hydrogen (secondary N) is 1. The normalized spacial score (nSPS) is 14.5. The molecule has 0 atom stereocenters. The summed E-state index contributed by atoms with van der Waals surface area (Å²) in [5, 5.41) is 8.50. The van der Waals surface area contributed by atoms with Crippen molar-refractivity contribution in [1.82, 2.24) is 9.99 Å². The average molecular weight is 407 g/mol. The molecule has 1 aromatic carbocycles. The number of amides is 2. The molecule has 0 spiro atoms. The number of thiazole rings is 1. The van der Waals surface area contributed by atoms with E-state index in [9.17, 15) is 9.59 Å². The van der Waals surface area contributed by atoms with Crippen LogP contribution in [0.3, 0.4) is 0 Å². The topological polar surface area (TPSA) is 74.7 Å². The van der Waals surface area contributed by atoms with Crippen molar-refractivity contribution in [3.63, 3.8) is 0 Å². The molecule has 0 fully saturated rings. The molecule has 0 bridgehead atoms. The smallest absolute Gasteiger partial charge is 0.273 e. The van der Waals surface area contributed by atoms with Crippen LogP contribution in [0.1, 0.15) is 23.3 Å². The number of halogens is 1. The first-order chi connectivity index (χ1) is 11.5. The van der Waals surface area contributed by atoms with Gasteiger partial charge in [0.25, 0.3) is 5.91 Å². The molecule has 124 valence electrons. The van der Waals surface area contributed by atoms with Crippen LogP contribution in [0.25, 0.3) is 0 Å². The second kappa shape index (κ2) is 7.23. The lowest BCUT2D eigenvalue weighted by Gasteiger charge is -2.18. The lowest BCUT2D eigenvalue weighted by atomic mass is 10.1. The fourth-order valence-corrected chi connectivity index (χ4v) is 3.53. The van der Waals surface area contributed by atoms with Crippen molar-refractivity contribution in [2.45, 2.75) is 19.3 Å². The molecule has 6 nitrogen and oxygen atoms in total. The molecular formula is C16H15BrN4O2S. The second-order valence-corrected chi connectivity index (χ2v) is 7.29. The number of rotatable bonds is 4. The molecule has 1 aliphatic heterocycles. The van der Waals surface area contributed by atoms with Gasteiger partial charge in [-0.2, -0.15) is 5.10 Å². The molecule has 2 heterocycles. The molecule has 2 amide bonds. The number of carbonyl (C=O) groups is 2. The summed E-state index contributed by atoms with van der Waals surface area (Å²) < 4.78 is 1.05. The van der Waals surface area contributed by atoms with Crippen molar-refractivity contribution in [1.29, 1.82) is 0 Å². The fourth-order valence-electron chi connectivity index (χ4n) is 2.28. The fraction of sp³-hybridized carbons (Fsp3) is 0.250. The van der Waals surface area contributed by atoms with Gasteiger partial charge in [-0.1, -0.05) is 34.1 Å². The highest BCUT2D eigenvalue weighted by Gasteiger charge is 2.22. The monoisotopic (exact) mass is 406 g/mol. The van der Waals surface area contributed by atoms with Crippen molar-refractivity contribution in [3.05, 3.63) is 45.4 Å². The van der Waals surface area contributed by atoms with E-state index in [-0.39, 0.29) is 11.8 Å². The molecule has 0 saturated carbocycles. The Bertz CT molecular complexity index is 818. The minimum atomic E-state index is -0.309.